The molecule has 118 valence electrons. The summed E-state index contributed by atoms with van der Waals surface area (Å²) in [5.41, 5.74) is 0. The van der Waals surface area contributed by atoms with Crippen LogP contribution >= 0.6 is 23.2 Å². The largest absolute Gasteiger partial charge is 0.481 e. The highest BCUT2D eigenvalue weighted by atomic mass is 35.5. The van der Waals surface area contributed by atoms with Crippen molar-refractivity contribution >= 4 is 29.2 Å². The molecule has 0 saturated carbocycles. The van der Waals surface area contributed by atoms with Crippen LogP contribution < -0.4 is 0 Å². The van der Waals surface area contributed by atoms with E-state index in [4.69, 9.17) is 33.4 Å². The van der Waals surface area contributed by atoms with Gasteiger partial charge in [0.25, 0.3) is 0 Å². The number of rotatable bonds is 13. The molecule has 0 aromatic carbocycles. The average Bonchev–Trinajstić information content (AvgIpc) is 2.41. The predicted octanol–water partition coefficient (Wildman–Crippen LogP) is 5.04. The molecule has 0 aliphatic heterocycles. The van der Waals surface area contributed by atoms with Crippen LogP contribution in [0.15, 0.2) is 10.1 Å². The number of carbonyl (C=O) groups is 1. The fraction of sp³-hybridized carbons (Fsp3) is 0.800. The summed E-state index contributed by atoms with van der Waals surface area (Å²) < 4.78 is 0. The molecule has 20 heavy (non-hydrogen) atoms. The van der Waals surface area contributed by atoms with E-state index in [0.29, 0.717) is 0 Å². The molecule has 3 nitrogen and oxygen atoms in total. The standard InChI is InChI=1S/C15H26Cl2O3/c16-13(9-5-1-2-7-11-15(19)20)14(17)10-6-3-4-8-12-18/h18H,1-12H2,(H,19,20). The second-order valence-electron chi connectivity index (χ2n) is 5.01. The van der Waals surface area contributed by atoms with E-state index in [0.717, 1.165) is 74.3 Å². The van der Waals surface area contributed by atoms with Gasteiger partial charge in [-0.25, -0.2) is 0 Å². The van der Waals surface area contributed by atoms with Crippen molar-refractivity contribution in [2.45, 2.75) is 70.6 Å². The van der Waals surface area contributed by atoms with Gasteiger partial charge < -0.3 is 10.2 Å². The van der Waals surface area contributed by atoms with Crippen LogP contribution in [0.5, 0.6) is 0 Å². The van der Waals surface area contributed by atoms with Crippen LogP contribution in [0.25, 0.3) is 0 Å². The quantitative estimate of drug-likeness (QED) is 0.466. The smallest absolute Gasteiger partial charge is 0.303 e. The topological polar surface area (TPSA) is 57.5 Å². The zero-order chi connectivity index (χ0) is 15.2. The summed E-state index contributed by atoms with van der Waals surface area (Å²) in [4.78, 5) is 10.3. The van der Waals surface area contributed by atoms with Crippen LogP contribution in [0.3, 0.4) is 0 Å². The van der Waals surface area contributed by atoms with E-state index in [1.165, 1.54) is 0 Å². The summed E-state index contributed by atoms with van der Waals surface area (Å²) in [5.74, 6) is -0.729. The molecule has 0 rings (SSSR count). The molecule has 0 amide bonds. The maximum Gasteiger partial charge on any atom is 0.303 e. The van der Waals surface area contributed by atoms with Gasteiger partial charge in [0.05, 0.1) is 0 Å². The third-order valence-electron chi connectivity index (χ3n) is 3.14. The average molecular weight is 325 g/mol. The van der Waals surface area contributed by atoms with Crippen molar-refractivity contribution in [2.24, 2.45) is 0 Å². The van der Waals surface area contributed by atoms with Crippen molar-refractivity contribution in [3.8, 4) is 0 Å². The third kappa shape index (κ3) is 12.8. The minimum atomic E-state index is -0.729. The lowest BCUT2D eigenvalue weighted by Gasteiger charge is -2.04. The zero-order valence-electron chi connectivity index (χ0n) is 12.0. The number of halogens is 2. The summed E-state index contributed by atoms with van der Waals surface area (Å²) in [6.45, 7) is 0.256. The van der Waals surface area contributed by atoms with E-state index in [-0.39, 0.29) is 13.0 Å². The Balaban J connectivity index is 3.58. The van der Waals surface area contributed by atoms with Gasteiger partial charge in [-0.05, 0) is 38.5 Å². The number of allylic oxidation sites excluding steroid dienone is 2. The molecule has 0 aliphatic rings. The Morgan fingerprint density at radius 2 is 1.10 bits per heavy atom. The molecular formula is C15H26Cl2O3. The highest BCUT2D eigenvalue weighted by molar-refractivity contribution is 6.39. The minimum Gasteiger partial charge on any atom is -0.481 e. The summed E-state index contributed by atoms with van der Waals surface area (Å²) in [7, 11) is 0. The summed E-state index contributed by atoms with van der Waals surface area (Å²) >= 11 is 12.3. The van der Waals surface area contributed by atoms with E-state index < -0.39 is 5.97 Å². The van der Waals surface area contributed by atoms with Gasteiger partial charge >= 0.3 is 5.97 Å². The van der Waals surface area contributed by atoms with Gasteiger partial charge in [-0.1, -0.05) is 48.9 Å². The van der Waals surface area contributed by atoms with Crippen molar-refractivity contribution in [3.05, 3.63) is 10.1 Å². The highest BCUT2D eigenvalue weighted by Gasteiger charge is 2.03. The number of aliphatic hydroxyl groups is 1. The Hall–Kier alpha value is -0.250. The third-order valence-corrected chi connectivity index (χ3v) is 4.07. The number of hydrogen-bond acceptors (Lipinski definition) is 2. The summed E-state index contributed by atoms with van der Waals surface area (Å²) in [6.07, 6.45) is 9.40. The lowest BCUT2D eigenvalue weighted by molar-refractivity contribution is -0.137. The Morgan fingerprint density at radius 1 is 0.700 bits per heavy atom. The Morgan fingerprint density at radius 3 is 1.50 bits per heavy atom. The van der Waals surface area contributed by atoms with Crippen LogP contribution in [-0.4, -0.2) is 22.8 Å². The fourth-order valence-corrected chi connectivity index (χ4v) is 2.38. The first-order valence-electron chi connectivity index (χ1n) is 7.43. The van der Waals surface area contributed by atoms with Gasteiger partial charge in [0, 0.05) is 23.1 Å². The molecule has 0 heterocycles. The molecule has 0 aliphatic carbocycles. The van der Waals surface area contributed by atoms with Crippen molar-refractivity contribution in [3.63, 3.8) is 0 Å². The normalized spacial score (nSPS) is 12.3. The van der Waals surface area contributed by atoms with Crippen molar-refractivity contribution in [2.75, 3.05) is 6.61 Å². The van der Waals surface area contributed by atoms with Crippen LogP contribution in [0.2, 0.25) is 0 Å². The minimum absolute atomic E-state index is 0.248. The first kappa shape index (κ1) is 19.8. The fourth-order valence-electron chi connectivity index (χ4n) is 1.93. The van der Waals surface area contributed by atoms with Gasteiger partial charge in [0.1, 0.15) is 0 Å². The molecule has 0 radical (unpaired) electrons. The molecule has 0 saturated heterocycles. The number of carboxylic acid groups (broad SMARTS) is 1. The first-order valence-corrected chi connectivity index (χ1v) is 8.19. The van der Waals surface area contributed by atoms with E-state index >= 15 is 0 Å². The van der Waals surface area contributed by atoms with Crippen molar-refractivity contribution in [1.29, 1.82) is 0 Å². The Kier molecular flexibility index (Phi) is 13.5. The molecule has 5 heteroatoms. The van der Waals surface area contributed by atoms with E-state index in [9.17, 15) is 4.79 Å². The maximum atomic E-state index is 10.3. The SMILES string of the molecule is O=C(O)CCCCCCC(Cl)=C(Cl)CCCCCCO. The van der Waals surface area contributed by atoms with Crippen LogP contribution in [0, 0.1) is 0 Å². The van der Waals surface area contributed by atoms with Crippen LogP contribution in [0.1, 0.15) is 70.6 Å². The highest BCUT2D eigenvalue weighted by Crippen LogP contribution is 2.25. The number of aliphatic hydroxyl groups excluding tert-OH is 1. The van der Waals surface area contributed by atoms with Crippen LogP contribution in [-0.2, 0) is 4.79 Å². The Bertz CT molecular complexity index is 291. The van der Waals surface area contributed by atoms with Gasteiger partial charge in [0.15, 0.2) is 0 Å². The lowest BCUT2D eigenvalue weighted by Crippen LogP contribution is -1.93. The van der Waals surface area contributed by atoms with Gasteiger partial charge in [0.2, 0.25) is 0 Å². The molecule has 0 bridgehead atoms. The van der Waals surface area contributed by atoms with Gasteiger partial charge in [-0.3, -0.25) is 4.79 Å². The van der Waals surface area contributed by atoms with E-state index in [2.05, 4.69) is 0 Å². The number of hydrogen-bond donors (Lipinski definition) is 2. The second kappa shape index (κ2) is 13.7. The lowest BCUT2D eigenvalue weighted by atomic mass is 10.1. The van der Waals surface area contributed by atoms with E-state index in [1.807, 2.05) is 0 Å². The maximum absolute atomic E-state index is 10.3. The van der Waals surface area contributed by atoms with E-state index in [1.54, 1.807) is 0 Å². The molecular weight excluding hydrogens is 299 g/mol. The Labute approximate surface area is 132 Å². The number of unbranched alkanes of at least 4 members (excludes halogenated alkanes) is 6. The van der Waals surface area contributed by atoms with Crippen LogP contribution in [0.4, 0.5) is 0 Å². The first-order chi connectivity index (χ1) is 9.57. The van der Waals surface area contributed by atoms with Crippen molar-refractivity contribution in [1.82, 2.24) is 0 Å². The zero-order valence-corrected chi connectivity index (χ0v) is 13.6. The predicted molar refractivity (Wildman–Crippen MR) is 84.2 cm³/mol. The van der Waals surface area contributed by atoms with Gasteiger partial charge in [-0.15, -0.1) is 0 Å². The molecule has 0 spiro atoms. The van der Waals surface area contributed by atoms with Crippen molar-refractivity contribution < 1.29 is 15.0 Å². The summed E-state index contributed by atoms with van der Waals surface area (Å²) in [5, 5.41) is 18.7. The monoisotopic (exact) mass is 324 g/mol. The number of aliphatic carboxylic acids is 1. The second-order valence-corrected chi connectivity index (χ2v) is 5.92. The molecule has 0 aromatic rings. The molecule has 0 unspecified atom stereocenters. The summed E-state index contributed by atoms with van der Waals surface area (Å²) in [6, 6.07) is 0. The number of carboxylic acids is 1. The van der Waals surface area contributed by atoms with Gasteiger partial charge in [-0.2, -0.15) is 0 Å². The molecule has 0 atom stereocenters. The molecule has 0 aromatic heterocycles. The molecule has 2 N–H and O–H groups in total. The molecule has 0 fully saturated rings.